The van der Waals surface area contributed by atoms with E-state index in [1.54, 1.807) is 17.4 Å². The van der Waals surface area contributed by atoms with Crippen LogP contribution in [0.3, 0.4) is 0 Å². The van der Waals surface area contributed by atoms with E-state index in [1.165, 1.54) is 7.11 Å². The van der Waals surface area contributed by atoms with Gasteiger partial charge in [-0.05, 0) is 46.7 Å². The molecule has 0 saturated carbocycles. The van der Waals surface area contributed by atoms with Crippen molar-refractivity contribution < 1.29 is 19.0 Å². The third kappa shape index (κ3) is 6.60. The van der Waals surface area contributed by atoms with Gasteiger partial charge in [-0.15, -0.1) is 17.8 Å². The van der Waals surface area contributed by atoms with E-state index >= 15 is 0 Å². The van der Waals surface area contributed by atoms with Gasteiger partial charge in [-0.1, -0.05) is 42.3 Å². The lowest BCUT2D eigenvalue weighted by Gasteiger charge is -2.17. The van der Waals surface area contributed by atoms with Gasteiger partial charge in [0, 0.05) is 11.4 Å². The third-order valence-electron chi connectivity index (χ3n) is 4.82. The Morgan fingerprint density at radius 3 is 2.64 bits per heavy atom. The van der Waals surface area contributed by atoms with Gasteiger partial charge in [0.1, 0.15) is 12.7 Å². The molecule has 6 nitrogen and oxygen atoms in total. The predicted molar refractivity (Wildman–Crippen MR) is 128 cm³/mol. The Morgan fingerprint density at radius 1 is 1.15 bits per heavy atom. The van der Waals surface area contributed by atoms with E-state index in [4.69, 9.17) is 25.9 Å². The maximum absolute atomic E-state index is 12.9. The van der Waals surface area contributed by atoms with Crippen molar-refractivity contribution in [1.82, 2.24) is 5.32 Å². The molecule has 0 aliphatic heterocycles. The zero-order valence-electron chi connectivity index (χ0n) is 18.2. The summed E-state index contributed by atoms with van der Waals surface area (Å²) in [5.41, 5.74) is 2.78. The molecule has 0 radical (unpaired) electrons. The minimum absolute atomic E-state index is 0.0339. The Morgan fingerprint density at radius 2 is 1.97 bits per heavy atom. The highest BCUT2D eigenvalue weighted by Crippen LogP contribution is 2.29. The number of ether oxygens (including phenoxy) is 3. The lowest BCUT2D eigenvalue weighted by Crippen LogP contribution is -2.32. The molecule has 1 atom stereocenters. The second kappa shape index (κ2) is 12.3. The Bertz CT molecular complexity index is 1130. The molecule has 3 aromatic rings. The molecule has 33 heavy (non-hydrogen) atoms. The fourth-order valence-electron chi connectivity index (χ4n) is 3.24. The number of carbonyl (C=O) groups excluding carboxylic acids is 1. The van der Waals surface area contributed by atoms with Gasteiger partial charge in [0.2, 0.25) is 0 Å². The zero-order valence-corrected chi connectivity index (χ0v) is 19.1. The van der Waals surface area contributed by atoms with Gasteiger partial charge in [-0.2, -0.15) is 5.26 Å². The summed E-state index contributed by atoms with van der Waals surface area (Å²) in [7, 11) is 1.54. The highest BCUT2D eigenvalue weighted by Gasteiger charge is 2.21. The molecular weight excluding hydrogens is 436 g/mol. The summed E-state index contributed by atoms with van der Waals surface area (Å²) in [4.78, 5) is 14.0. The minimum atomic E-state index is -0.797. The molecule has 3 rings (SSSR count). The number of terminal acetylenes is 1. The van der Waals surface area contributed by atoms with Gasteiger partial charge in [0.05, 0.1) is 7.11 Å². The van der Waals surface area contributed by atoms with Crippen molar-refractivity contribution in [3.8, 4) is 40.4 Å². The van der Waals surface area contributed by atoms with Crippen LogP contribution < -0.4 is 14.8 Å². The highest BCUT2D eigenvalue weighted by molar-refractivity contribution is 7.13. The summed E-state index contributed by atoms with van der Waals surface area (Å²) >= 11 is 1.66. The monoisotopic (exact) mass is 460 g/mol. The fourth-order valence-corrected chi connectivity index (χ4v) is 3.97. The van der Waals surface area contributed by atoms with Crippen molar-refractivity contribution in [2.24, 2.45) is 0 Å². The molecule has 0 aliphatic rings. The number of carbonyl (C=O) groups is 1. The number of methoxy groups -OCH3 is 1. The van der Waals surface area contributed by atoms with E-state index in [0.717, 1.165) is 21.6 Å². The molecule has 1 N–H and O–H groups in total. The quantitative estimate of drug-likeness (QED) is 0.430. The molecule has 1 amide bonds. The number of hydrogen-bond donors (Lipinski definition) is 1. The normalized spacial score (nSPS) is 11.1. The topological polar surface area (TPSA) is 80.6 Å². The number of rotatable bonds is 11. The van der Waals surface area contributed by atoms with Crippen LogP contribution in [0.25, 0.3) is 10.4 Å². The van der Waals surface area contributed by atoms with Crippen molar-refractivity contribution >= 4 is 17.2 Å². The van der Waals surface area contributed by atoms with Crippen molar-refractivity contribution in [1.29, 1.82) is 5.26 Å². The van der Waals surface area contributed by atoms with Crippen molar-refractivity contribution in [3.63, 3.8) is 0 Å². The van der Waals surface area contributed by atoms with Crippen LogP contribution in [0.5, 0.6) is 11.5 Å². The van der Waals surface area contributed by atoms with Gasteiger partial charge < -0.3 is 19.5 Å². The molecule has 0 fully saturated rings. The fraction of sp³-hybridized carbons (Fsp3) is 0.231. The maximum Gasteiger partial charge on any atom is 0.253 e. The van der Waals surface area contributed by atoms with Gasteiger partial charge >= 0.3 is 0 Å². The first-order valence-corrected chi connectivity index (χ1v) is 11.2. The molecule has 1 unspecified atom stereocenters. The van der Waals surface area contributed by atoms with Crippen molar-refractivity contribution in [3.05, 3.63) is 71.1 Å². The number of nitriles is 1. The second-order valence-electron chi connectivity index (χ2n) is 6.97. The van der Waals surface area contributed by atoms with E-state index < -0.39 is 6.10 Å². The summed E-state index contributed by atoms with van der Waals surface area (Å²) in [5, 5.41) is 13.6. The van der Waals surface area contributed by atoms with E-state index in [2.05, 4.69) is 17.3 Å². The van der Waals surface area contributed by atoms with Gasteiger partial charge in [0.25, 0.3) is 5.91 Å². The Hall–Kier alpha value is -3.78. The van der Waals surface area contributed by atoms with Gasteiger partial charge in [-0.25, -0.2) is 0 Å². The molecule has 0 spiro atoms. The van der Waals surface area contributed by atoms with Gasteiger partial charge in [0.15, 0.2) is 24.2 Å². The molecule has 0 bridgehead atoms. The average Bonchev–Trinajstić information content (AvgIpc) is 3.39. The molecule has 2 aromatic carbocycles. The van der Waals surface area contributed by atoms with Crippen LogP contribution in [-0.2, 0) is 16.0 Å². The number of nitrogens with one attached hydrogen (secondary N) is 1. The number of nitrogens with zero attached hydrogens (tertiary/aromatic N) is 1. The van der Waals surface area contributed by atoms with E-state index in [-0.39, 0.29) is 19.1 Å². The second-order valence-corrected chi connectivity index (χ2v) is 7.92. The molecule has 0 saturated heterocycles. The molecular formula is C26H24N2O4S. The lowest BCUT2D eigenvalue weighted by atomic mass is 10.1. The van der Waals surface area contributed by atoms with Crippen LogP contribution >= 0.6 is 11.3 Å². The predicted octanol–water partition coefficient (Wildman–Crippen LogP) is 4.38. The number of hydrogen-bond acceptors (Lipinski definition) is 6. The molecule has 168 valence electrons. The summed E-state index contributed by atoms with van der Waals surface area (Å²) in [5.74, 6) is 3.21. The Kier molecular flexibility index (Phi) is 8.90. The van der Waals surface area contributed by atoms with Crippen LogP contribution in [0.15, 0.2) is 60.0 Å². The van der Waals surface area contributed by atoms with E-state index in [0.29, 0.717) is 24.5 Å². The zero-order chi connectivity index (χ0) is 23.5. The summed E-state index contributed by atoms with van der Waals surface area (Å²) in [6.45, 7) is 0.384. The van der Waals surface area contributed by atoms with Gasteiger partial charge in [-0.3, -0.25) is 4.79 Å². The first-order valence-electron chi connectivity index (χ1n) is 10.3. The summed E-state index contributed by atoms with van der Waals surface area (Å²) < 4.78 is 16.3. The number of thiophene rings is 1. The van der Waals surface area contributed by atoms with Crippen LogP contribution in [0.4, 0.5) is 0 Å². The van der Waals surface area contributed by atoms with Crippen molar-refractivity contribution in [2.45, 2.75) is 12.5 Å². The average molecular weight is 461 g/mol. The summed E-state index contributed by atoms with van der Waals surface area (Å²) in [6, 6.07) is 19.2. The van der Waals surface area contributed by atoms with Crippen molar-refractivity contribution in [2.75, 3.05) is 26.9 Å². The van der Waals surface area contributed by atoms with Crippen LogP contribution in [0, 0.1) is 23.7 Å². The highest BCUT2D eigenvalue weighted by atomic mass is 32.1. The first-order chi connectivity index (χ1) is 16.2. The van der Waals surface area contributed by atoms with Crippen LogP contribution in [-0.4, -0.2) is 32.8 Å². The SMILES string of the molecule is C#CCOC(C(=O)NCCc1ccc(OCC#N)c(OC)c1)c1ccc(-c2cccs2)cc1. The largest absolute Gasteiger partial charge is 0.493 e. The van der Waals surface area contributed by atoms with E-state index in [1.807, 2.05) is 53.9 Å². The number of amides is 1. The van der Waals surface area contributed by atoms with E-state index in [9.17, 15) is 4.79 Å². The molecule has 0 aliphatic carbocycles. The maximum atomic E-state index is 12.9. The smallest absolute Gasteiger partial charge is 0.253 e. The Labute approximate surface area is 197 Å². The first kappa shape index (κ1) is 23.9. The molecule has 1 aromatic heterocycles. The Balaban J connectivity index is 1.62. The third-order valence-corrected chi connectivity index (χ3v) is 5.74. The lowest BCUT2D eigenvalue weighted by molar-refractivity contribution is -0.132. The minimum Gasteiger partial charge on any atom is -0.493 e. The summed E-state index contributed by atoms with van der Waals surface area (Å²) in [6.07, 6.45) is 5.13. The van der Waals surface area contributed by atoms with Crippen LogP contribution in [0.2, 0.25) is 0 Å². The molecule has 7 heteroatoms. The standard InChI is InChI=1S/C26H24N2O4S/c1-3-15-32-25(21-9-7-20(8-10-21)24-5-4-17-33-24)26(29)28-14-12-19-6-11-22(31-16-13-27)23(18-19)30-2/h1,4-11,17-18,25H,12,14-16H2,2H3,(H,28,29). The van der Waals surface area contributed by atoms with Crippen LogP contribution in [0.1, 0.15) is 17.2 Å². The number of benzene rings is 2. The molecule has 1 heterocycles.